The average molecular weight is 378 g/mol. The Morgan fingerprint density at radius 2 is 1.93 bits per heavy atom. The molecule has 148 valence electrons. The second kappa shape index (κ2) is 6.86. The molecule has 1 aromatic heterocycles. The van der Waals surface area contributed by atoms with Crippen LogP contribution in [0.4, 0.5) is 4.79 Å². The number of amides is 2. The summed E-state index contributed by atoms with van der Waals surface area (Å²) in [7, 11) is 2.90. The number of esters is 1. The molecule has 2 aliphatic rings. The summed E-state index contributed by atoms with van der Waals surface area (Å²) in [6.45, 7) is 6.65. The molecule has 0 spiro atoms. The minimum atomic E-state index is -0.648. The van der Waals surface area contributed by atoms with Crippen LogP contribution in [0.1, 0.15) is 48.9 Å². The molecule has 9 heteroatoms. The zero-order chi connectivity index (χ0) is 19.9. The maximum absolute atomic E-state index is 13.0. The number of nitrogens with zero attached hydrogens (tertiary/aromatic N) is 4. The number of fused-ring (bicyclic) bond motifs is 3. The van der Waals surface area contributed by atoms with Gasteiger partial charge < -0.3 is 19.3 Å². The SMILES string of the molecule is COC(=O)C1CCn2nc3c(c2C(=O)N1C)CN(C(=O)OC(C)(C)C)CC3. The maximum atomic E-state index is 13.0. The van der Waals surface area contributed by atoms with Crippen LogP contribution < -0.4 is 0 Å². The third-order valence-electron chi connectivity index (χ3n) is 4.83. The van der Waals surface area contributed by atoms with Crippen molar-refractivity contribution in [2.75, 3.05) is 20.7 Å². The van der Waals surface area contributed by atoms with E-state index >= 15 is 0 Å². The highest BCUT2D eigenvalue weighted by Gasteiger charge is 2.38. The molecule has 0 saturated carbocycles. The highest BCUT2D eigenvalue weighted by molar-refractivity contribution is 5.97. The van der Waals surface area contributed by atoms with Crippen LogP contribution in [-0.4, -0.2) is 69.9 Å². The number of rotatable bonds is 1. The number of hydrogen-bond acceptors (Lipinski definition) is 6. The second-order valence-electron chi connectivity index (χ2n) is 7.89. The van der Waals surface area contributed by atoms with Crippen LogP contribution in [0.15, 0.2) is 0 Å². The summed E-state index contributed by atoms with van der Waals surface area (Å²) in [5, 5.41) is 4.56. The van der Waals surface area contributed by atoms with E-state index in [9.17, 15) is 14.4 Å². The Labute approximate surface area is 158 Å². The summed E-state index contributed by atoms with van der Waals surface area (Å²) in [4.78, 5) is 40.4. The van der Waals surface area contributed by atoms with Crippen molar-refractivity contribution in [3.8, 4) is 0 Å². The van der Waals surface area contributed by atoms with Gasteiger partial charge >= 0.3 is 12.1 Å². The predicted octanol–water partition coefficient (Wildman–Crippen LogP) is 1.19. The first kappa shape index (κ1) is 19.2. The van der Waals surface area contributed by atoms with Gasteiger partial charge in [0.2, 0.25) is 0 Å². The van der Waals surface area contributed by atoms with Gasteiger partial charge in [0.15, 0.2) is 0 Å². The van der Waals surface area contributed by atoms with Gasteiger partial charge in [0.05, 0.1) is 19.3 Å². The van der Waals surface area contributed by atoms with E-state index in [4.69, 9.17) is 9.47 Å². The molecule has 2 amide bonds. The lowest BCUT2D eigenvalue weighted by atomic mass is 10.0. The third kappa shape index (κ3) is 3.63. The van der Waals surface area contributed by atoms with Gasteiger partial charge in [-0.05, 0) is 27.2 Å². The molecule has 0 radical (unpaired) electrons. The fraction of sp³-hybridized carbons (Fsp3) is 0.667. The lowest BCUT2D eigenvalue weighted by Gasteiger charge is -2.30. The molecular formula is C18H26N4O5. The number of aryl methyl sites for hydroxylation is 1. The van der Waals surface area contributed by atoms with Crippen molar-refractivity contribution in [1.82, 2.24) is 19.6 Å². The quantitative estimate of drug-likeness (QED) is 0.682. The monoisotopic (exact) mass is 378 g/mol. The molecule has 3 rings (SSSR count). The molecule has 9 nitrogen and oxygen atoms in total. The highest BCUT2D eigenvalue weighted by Crippen LogP contribution is 2.27. The first-order chi connectivity index (χ1) is 12.6. The number of carbonyl (C=O) groups excluding carboxylic acids is 3. The normalized spacial score (nSPS) is 19.9. The molecule has 0 N–H and O–H groups in total. The van der Waals surface area contributed by atoms with Crippen molar-refractivity contribution in [1.29, 1.82) is 0 Å². The van der Waals surface area contributed by atoms with Gasteiger partial charge in [-0.25, -0.2) is 9.59 Å². The van der Waals surface area contributed by atoms with Gasteiger partial charge in [0.25, 0.3) is 5.91 Å². The Balaban J connectivity index is 1.88. The summed E-state index contributed by atoms with van der Waals surface area (Å²) in [5.41, 5.74) is 1.40. The first-order valence-electron chi connectivity index (χ1n) is 9.04. The van der Waals surface area contributed by atoms with E-state index < -0.39 is 23.7 Å². The Bertz CT molecular complexity index is 779. The smallest absolute Gasteiger partial charge is 0.410 e. The van der Waals surface area contributed by atoms with Crippen LogP contribution in [0.3, 0.4) is 0 Å². The molecule has 0 fully saturated rings. The van der Waals surface area contributed by atoms with Gasteiger partial charge in [-0.1, -0.05) is 0 Å². The molecule has 2 aliphatic heterocycles. The van der Waals surface area contributed by atoms with E-state index in [2.05, 4.69) is 5.10 Å². The Kier molecular flexibility index (Phi) is 4.88. The van der Waals surface area contributed by atoms with Gasteiger partial charge in [0.1, 0.15) is 17.3 Å². The fourth-order valence-electron chi connectivity index (χ4n) is 3.47. The van der Waals surface area contributed by atoms with Gasteiger partial charge in [-0.3, -0.25) is 9.48 Å². The van der Waals surface area contributed by atoms with Crippen molar-refractivity contribution in [2.24, 2.45) is 0 Å². The highest BCUT2D eigenvalue weighted by atomic mass is 16.6. The molecule has 0 bridgehead atoms. The van der Waals surface area contributed by atoms with Crippen LogP contribution in [-0.2, 0) is 33.8 Å². The largest absolute Gasteiger partial charge is 0.467 e. The summed E-state index contributed by atoms with van der Waals surface area (Å²) in [5.74, 6) is -0.733. The van der Waals surface area contributed by atoms with Gasteiger partial charge in [0, 0.05) is 32.1 Å². The van der Waals surface area contributed by atoms with Gasteiger partial charge in [-0.2, -0.15) is 5.10 Å². The van der Waals surface area contributed by atoms with Crippen molar-refractivity contribution in [3.05, 3.63) is 17.0 Å². The summed E-state index contributed by atoms with van der Waals surface area (Å²) >= 11 is 0. The first-order valence-corrected chi connectivity index (χ1v) is 9.04. The molecule has 0 saturated heterocycles. The van der Waals surface area contributed by atoms with Crippen LogP contribution in [0.25, 0.3) is 0 Å². The van der Waals surface area contributed by atoms with E-state index in [1.165, 1.54) is 12.0 Å². The van der Waals surface area contributed by atoms with Crippen LogP contribution in [0, 0.1) is 0 Å². The molecule has 3 heterocycles. The zero-order valence-electron chi connectivity index (χ0n) is 16.4. The standard InChI is InChI=1S/C18H26N4O5/c1-18(2,3)27-17(25)21-8-6-12-11(10-21)14-15(23)20(4)13(16(24)26-5)7-9-22(14)19-12/h13H,6-10H2,1-5H3. The number of hydrogen-bond donors (Lipinski definition) is 0. The fourth-order valence-corrected chi connectivity index (χ4v) is 3.47. The van der Waals surface area contributed by atoms with E-state index in [1.807, 2.05) is 20.8 Å². The number of likely N-dealkylation sites (N-methyl/N-ethyl adjacent to an activating group) is 1. The second-order valence-corrected chi connectivity index (χ2v) is 7.89. The summed E-state index contributed by atoms with van der Waals surface area (Å²) in [6.07, 6.45) is 0.583. The Morgan fingerprint density at radius 1 is 1.22 bits per heavy atom. The minimum Gasteiger partial charge on any atom is -0.467 e. The van der Waals surface area contributed by atoms with Crippen molar-refractivity contribution >= 4 is 18.0 Å². The number of aromatic nitrogens is 2. The van der Waals surface area contributed by atoms with Crippen molar-refractivity contribution in [2.45, 2.75) is 58.3 Å². The Morgan fingerprint density at radius 3 is 2.56 bits per heavy atom. The lowest BCUT2D eigenvalue weighted by molar-refractivity contribution is -0.145. The van der Waals surface area contributed by atoms with Crippen LogP contribution in [0.5, 0.6) is 0 Å². The maximum Gasteiger partial charge on any atom is 0.410 e. The molecule has 1 aromatic rings. The van der Waals surface area contributed by atoms with E-state index in [0.29, 0.717) is 31.6 Å². The molecule has 1 atom stereocenters. The number of methoxy groups -OCH3 is 1. The Hall–Kier alpha value is -2.58. The predicted molar refractivity (Wildman–Crippen MR) is 95.1 cm³/mol. The summed E-state index contributed by atoms with van der Waals surface area (Å²) in [6, 6.07) is -0.648. The minimum absolute atomic E-state index is 0.266. The molecule has 27 heavy (non-hydrogen) atoms. The van der Waals surface area contributed by atoms with E-state index in [1.54, 1.807) is 16.6 Å². The van der Waals surface area contributed by atoms with Crippen LogP contribution >= 0.6 is 0 Å². The van der Waals surface area contributed by atoms with Crippen LogP contribution in [0.2, 0.25) is 0 Å². The van der Waals surface area contributed by atoms with Crippen molar-refractivity contribution < 1.29 is 23.9 Å². The molecule has 0 aliphatic carbocycles. The van der Waals surface area contributed by atoms with Gasteiger partial charge in [-0.15, -0.1) is 0 Å². The third-order valence-corrected chi connectivity index (χ3v) is 4.83. The lowest BCUT2D eigenvalue weighted by Crippen LogP contribution is -2.43. The number of carbonyl (C=O) groups is 3. The molecule has 1 unspecified atom stereocenters. The van der Waals surface area contributed by atoms with E-state index in [0.717, 1.165) is 11.3 Å². The average Bonchev–Trinajstić information content (AvgIpc) is 2.90. The zero-order valence-corrected chi connectivity index (χ0v) is 16.4. The van der Waals surface area contributed by atoms with Crippen molar-refractivity contribution in [3.63, 3.8) is 0 Å². The number of ether oxygens (including phenoxy) is 2. The summed E-state index contributed by atoms with van der Waals surface area (Å²) < 4.78 is 11.9. The molecule has 0 aromatic carbocycles. The topological polar surface area (TPSA) is 94.0 Å². The van der Waals surface area contributed by atoms with E-state index in [-0.39, 0.29) is 12.5 Å². The molecular weight excluding hydrogens is 352 g/mol.